The van der Waals surface area contributed by atoms with Crippen LogP contribution in [0.1, 0.15) is 57.4 Å². The van der Waals surface area contributed by atoms with Crippen LogP contribution in [0.3, 0.4) is 0 Å². The zero-order valence-corrected chi connectivity index (χ0v) is 14.0. The molecular formula is C19H31NO2. The van der Waals surface area contributed by atoms with E-state index in [4.69, 9.17) is 9.47 Å². The van der Waals surface area contributed by atoms with Crippen LogP contribution in [0, 0.1) is 0 Å². The topological polar surface area (TPSA) is 30.5 Å². The molecular weight excluding hydrogens is 274 g/mol. The molecule has 2 rings (SSSR count). The molecule has 0 aromatic heterocycles. The normalized spacial score (nSPS) is 17.8. The molecule has 0 spiro atoms. The van der Waals surface area contributed by atoms with Crippen LogP contribution >= 0.6 is 0 Å². The molecule has 1 unspecified atom stereocenters. The summed E-state index contributed by atoms with van der Waals surface area (Å²) in [6.07, 6.45) is 9.19. The van der Waals surface area contributed by atoms with E-state index in [0.29, 0.717) is 6.61 Å². The lowest BCUT2D eigenvalue weighted by atomic mass is 10.1. The number of rotatable bonds is 11. The summed E-state index contributed by atoms with van der Waals surface area (Å²) >= 11 is 0. The van der Waals surface area contributed by atoms with Gasteiger partial charge >= 0.3 is 0 Å². The van der Waals surface area contributed by atoms with Gasteiger partial charge in [-0.2, -0.15) is 0 Å². The van der Waals surface area contributed by atoms with Crippen molar-refractivity contribution in [3.8, 4) is 5.75 Å². The number of para-hydroxylation sites is 1. The minimum absolute atomic E-state index is 0.277. The maximum atomic E-state index is 5.97. The molecule has 22 heavy (non-hydrogen) atoms. The van der Waals surface area contributed by atoms with Crippen molar-refractivity contribution in [2.45, 2.75) is 64.5 Å². The Morgan fingerprint density at radius 3 is 2.86 bits per heavy atom. The molecule has 0 saturated carbocycles. The molecule has 0 amide bonds. The third-order valence-corrected chi connectivity index (χ3v) is 4.19. The minimum atomic E-state index is 0.277. The highest BCUT2D eigenvalue weighted by atomic mass is 16.5. The molecule has 1 aliphatic heterocycles. The van der Waals surface area contributed by atoms with E-state index in [9.17, 15) is 0 Å². The van der Waals surface area contributed by atoms with Gasteiger partial charge in [0.2, 0.25) is 0 Å². The van der Waals surface area contributed by atoms with E-state index < -0.39 is 0 Å². The van der Waals surface area contributed by atoms with Crippen LogP contribution in [0.5, 0.6) is 5.75 Å². The number of nitrogens with one attached hydrogen (secondary N) is 1. The van der Waals surface area contributed by atoms with Crippen molar-refractivity contribution in [1.82, 2.24) is 5.32 Å². The molecule has 3 heteroatoms. The molecule has 1 saturated heterocycles. The number of benzene rings is 1. The number of unbranched alkanes of at least 4 members (excludes halogenated alkanes) is 4. The van der Waals surface area contributed by atoms with E-state index in [1.165, 1.54) is 37.7 Å². The van der Waals surface area contributed by atoms with Crippen molar-refractivity contribution in [3.05, 3.63) is 29.8 Å². The molecule has 3 nitrogen and oxygen atoms in total. The molecule has 0 radical (unpaired) electrons. The first-order valence-electron chi connectivity index (χ1n) is 8.93. The molecule has 1 aromatic carbocycles. The van der Waals surface area contributed by atoms with Gasteiger partial charge in [0.1, 0.15) is 12.4 Å². The van der Waals surface area contributed by atoms with Crippen molar-refractivity contribution in [1.29, 1.82) is 0 Å². The first kappa shape index (κ1) is 17.3. The summed E-state index contributed by atoms with van der Waals surface area (Å²) in [6, 6.07) is 8.33. The predicted molar refractivity (Wildman–Crippen MR) is 91.4 cm³/mol. The molecule has 1 atom stereocenters. The second-order valence-corrected chi connectivity index (χ2v) is 6.14. The number of ether oxygens (including phenoxy) is 2. The van der Waals surface area contributed by atoms with Gasteiger partial charge in [0.05, 0.1) is 6.10 Å². The number of hydrogen-bond acceptors (Lipinski definition) is 3. The van der Waals surface area contributed by atoms with Crippen LogP contribution < -0.4 is 10.1 Å². The third kappa shape index (κ3) is 6.37. The molecule has 124 valence electrons. The van der Waals surface area contributed by atoms with Crippen LogP contribution in [0.4, 0.5) is 0 Å². The Morgan fingerprint density at radius 2 is 2.05 bits per heavy atom. The highest BCUT2D eigenvalue weighted by molar-refractivity contribution is 5.33. The smallest absolute Gasteiger partial charge is 0.123 e. The fourth-order valence-corrected chi connectivity index (χ4v) is 2.83. The van der Waals surface area contributed by atoms with E-state index >= 15 is 0 Å². The van der Waals surface area contributed by atoms with Crippen LogP contribution in [-0.2, 0) is 11.3 Å². The van der Waals surface area contributed by atoms with Crippen molar-refractivity contribution in [2.75, 3.05) is 19.8 Å². The Labute approximate surface area is 135 Å². The second kappa shape index (κ2) is 10.6. The van der Waals surface area contributed by atoms with Crippen LogP contribution in [0.25, 0.3) is 0 Å². The maximum absolute atomic E-state index is 5.97. The van der Waals surface area contributed by atoms with Crippen molar-refractivity contribution in [2.24, 2.45) is 0 Å². The molecule has 0 bridgehead atoms. The highest BCUT2D eigenvalue weighted by Crippen LogP contribution is 2.20. The highest BCUT2D eigenvalue weighted by Gasteiger charge is 2.16. The zero-order valence-electron chi connectivity index (χ0n) is 14.0. The molecule has 1 N–H and O–H groups in total. The minimum Gasteiger partial charge on any atom is -0.491 e. The summed E-state index contributed by atoms with van der Waals surface area (Å²) in [4.78, 5) is 0. The predicted octanol–water partition coefficient (Wildman–Crippen LogP) is 4.30. The van der Waals surface area contributed by atoms with Crippen molar-refractivity contribution in [3.63, 3.8) is 0 Å². The average Bonchev–Trinajstić information content (AvgIpc) is 3.06. The van der Waals surface area contributed by atoms with Gasteiger partial charge in [0.15, 0.2) is 0 Å². The Hall–Kier alpha value is -1.06. The molecule has 1 fully saturated rings. The molecule has 0 aliphatic carbocycles. The number of hydrogen-bond donors (Lipinski definition) is 1. The Balaban J connectivity index is 1.66. The van der Waals surface area contributed by atoms with Gasteiger partial charge in [0, 0.05) is 18.7 Å². The Morgan fingerprint density at radius 1 is 1.18 bits per heavy atom. The van der Waals surface area contributed by atoms with Crippen molar-refractivity contribution >= 4 is 0 Å². The van der Waals surface area contributed by atoms with Gasteiger partial charge in [0.25, 0.3) is 0 Å². The van der Waals surface area contributed by atoms with Gasteiger partial charge in [-0.25, -0.2) is 0 Å². The van der Waals surface area contributed by atoms with Gasteiger partial charge in [-0.3, -0.25) is 0 Å². The summed E-state index contributed by atoms with van der Waals surface area (Å²) in [5.74, 6) is 0.997. The van der Waals surface area contributed by atoms with Crippen LogP contribution in [0.15, 0.2) is 24.3 Å². The lowest BCUT2D eigenvalue weighted by Gasteiger charge is -2.15. The third-order valence-electron chi connectivity index (χ3n) is 4.19. The summed E-state index contributed by atoms with van der Waals surface area (Å²) in [5, 5.41) is 3.54. The van der Waals surface area contributed by atoms with Gasteiger partial charge in [-0.05, 0) is 31.9 Å². The Bertz CT molecular complexity index is 402. The fraction of sp³-hybridized carbons (Fsp3) is 0.684. The average molecular weight is 305 g/mol. The first-order chi connectivity index (χ1) is 10.9. The van der Waals surface area contributed by atoms with Crippen LogP contribution in [-0.4, -0.2) is 25.9 Å². The molecule has 1 heterocycles. The largest absolute Gasteiger partial charge is 0.491 e. The van der Waals surface area contributed by atoms with Crippen molar-refractivity contribution < 1.29 is 9.47 Å². The monoisotopic (exact) mass is 305 g/mol. The van der Waals surface area contributed by atoms with E-state index in [-0.39, 0.29) is 6.10 Å². The van der Waals surface area contributed by atoms with Gasteiger partial charge < -0.3 is 14.8 Å². The lowest BCUT2D eigenvalue weighted by molar-refractivity contribution is 0.0676. The maximum Gasteiger partial charge on any atom is 0.123 e. The van der Waals surface area contributed by atoms with E-state index in [2.05, 4.69) is 30.4 Å². The fourth-order valence-electron chi connectivity index (χ4n) is 2.83. The zero-order chi connectivity index (χ0) is 15.5. The first-order valence-corrected chi connectivity index (χ1v) is 8.93. The summed E-state index contributed by atoms with van der Waals surface area (Å²) in [7, 11) is 0. The summed E-state index contributed by atoms with van der Waals surface area (Å²) < 4.78 is 11.6. The van der Waals surface area contributed by atoms with E-state index in [0.717, 1.165) is 38.3 Å². The molecule has 1 aliphatic rings. The van der Waals surface area contributed by atoms with Crippen LogP contribution in [0.2, 0.25) is 0 Å². The molecule has 1 aromatic rings. The second-order valence-electron chi connectivity index (χ2n) is 6.14. The SMILES string of the molecule is CCCCCCCNCc1ccccc1OCC1CCCO1. The summed E-state index contributed by atoms with van der Waals surface area (Å²) in [5.41, 5.74) is 1.24. The van der Waals surface area contributed by atoms with E-state index in [1.807, 2.05) is 6.07 Å². The van der Waals surface area contributed by atoms with E-state index in [1.54, 1.807) is 0 Å². The summed E-state index contributed by atoms with van der Waals surface area (Å²) in [6.45, 7) is 5.79. The lowest BCUT2D eigenvalue weighted by Crippen LogP contribution is -2.19. The standard InChI is InChI=1S/C19H31NO2/c1-2-3-4-5-8-13-20-15-17-10-6-7-12-19(17)22-16-18-11-9-14-21-18/h6-7,10,12,18,20H,2-5,8-9,11,13-16H2,1H3. The quantitative estimate of drug-likeness (QED) is 0.618. The van der Waals surface area contributed by atoms with Gasteiger partial charge in [-0.1, -0.05) is 50.8 Å². The van der Waals surface area contributed by atoms with Gasteiger partial charge in [-0.15, -0.1) is 0 Å². The Kier molecular flexibility index (Phi) is 8.36.